The van der Waals surface area contributed by atoms with E-state index in [1.54, 1.807) is 25.4 Å². The average molecular weight is 490 g/mol. The number of nitrogens with one attached hydrogen (secondary N) is 2. The molecule has 0 amide bonds. The predicted octanol–water partition coefficient (Wildman–Crippen LogP) is 2.71. The summed E-state index contributed by atoms with van der Waals surface area (Å²) < 4.78 is 33.1. The minimum atomic E-state index is -3.73. The Bertz CT molecular complexity index is 1430. The maximum atomic E-state index is 13.8. The second kappa shape index (κ2) is 9.68. The van der Waals surface area contributed by atoms with Crippen LogP contribution in [0.4, 0.5) is 5.69 Å². The first-order valence-electron chi connectivity index (χ1n) is 11.9. The van der Waals surface area contributed by atoms with Gasteiger partial charge in [0.2, 0.25) is 15.4 Å². The standard InChI is InChI=1S/C28H29N3O3S/c1-21-8-11-24(12-9-21)35(32,33)27-19-29-26-13-10-23(34-2)18-25(26)28(27)31-16-14-30(15-17-31)20-22-6-4-3-5-7-22/h3-13,18-19H,14-17,20H2,1-2H3/p+2. The van der Waals surface area contributed by atoms with Crippen LogP contribution >= 0.6 is 0 Å². The number of H-pyrrole nitrogens is 1. The van der Waals surface area contributed by atoms with Crippen molar-refractivity contribution in [2.45, 2.75) is 23.3 Å². The number of rotatable bonds is 6. The third-order valence-electron chi connectivity index (χ3n) is 6.78. The molecule has 0 radical (unpaired) electrons. The number of hydrogen-bond donors (Lipinski definition) is 1. The van der Waals surface area contributed by atoms with Gasteiger partial charge in [-0.2, -0.15) is 0 Å². The first kappa shape index (κ1) is 23.3. The van der Waals surface area contributed by atoms with Gasteiger partial charge in [-0.05, 0) is 31.2 Å². The third-order valence-corrected chi connectivity index (χ3v) is 8.56. The Balaban J connectivity index is 1.54. The highest BCUT2D eigenvalue weighted by Gasteiger charge is 2.32. The number of benzene rings is 3. The summed E-state index contributed by atoms with van der Waals surface area (Å²) in [5.41, 5.74) is 3.97. The summed E-state index contributed by atoms with van der Waals surface area (Å²) in [7, 11) is -2.10. The van der Waals surface area contributed by atoms with Crippen LogP contribution in [0.15, 0.2) is 88.8 Å². The van der Waals surface area contributed by atoms with Gasteiger partial charge in [-0.3, -0.25) is 0 Å². The Labute approximate surface area is 206 Å². The summed E-state index contributed by atoms with van der Waals surface area (Å²) in [4.78, 5) is 7.54. The zero-order valence-electron chi connectivity index (χ0n) is 20.1. The molecule has 5 rings (SSSR count). The van der Waals surface area contributed by atoms with Gasteiger partial charge in [-0.25, -0.2) is 13.4 Å². The lowest BCUT2D eigenvalue weighted by Crippen LogP contribution is -3.13. The highest BCUT2D eigenvalue weighted by molar-refractivity contribution is 7.91. The van der Waals surface area contributed by atoms with Gasteiger partial charge in [0.1, 0.15) is 12.3 Å². The minimum Gasteiger partial charge on any atom is -0.497 e. The Morgan fingerprint density at radius 1 is 0.971 bits per heavy atom. The van der Waals surface area contributed by atoms with E-state index < -0.39 is 9.84 Å². The number of nitrogens with zero attached hydrogens (tertiary/aromatic N) is 1. The van der Waals surface area contributed by atoms with Gasteiger partial charge >= 0.3 is 0 Å². The lowest BCUT2D eigenvalue weighted by atomic mass is 10.1. The van der Waals surface area contributed by atoms with E-state index >= 15 is 0 Å². The third kappa shape index (κ3) is 4.74. The number of methoxy groups -OCH3 is 1. The number of aromatic amines is 1. The monoisotopic (exact) mass is 489 g/mol. The van der Waals surface area contributed by atoms with E-state index in [-0.39, 0.29) is 0 Å². The molecule has 1 saturated heterocycles. The fourth-order valence-corrected chi connectivity index (χ4v) is 6.26. The number of fused-ring (bicyclic) bond motifs is 1. The van der Waals surface area contributed by atoms with Crippen molar-refractivity contribution in [3.05, 3.63) is 90.1 Å². The number of aromatic nitrogens is 1. The number of aryl methyl sites for hydroxylation is 1. The fourth-order valence-electron chi connectivity index (χ4n) is 4.80. The highest BCUT2D eigenvalue weighted by atomic mass is 32.2. The lowest BCUT2D eigenvalue weighted by molar-refractivity contribution is -0.914. The summed E-state index contributed by atoms with van der Waals surface area (Å²) in [6.45, 7) is 6.34. The first-order valence-corrected chi connectivity index (χ1v) is 13.4. The topological polar surface area (TPSA) is 65.2 Å². The van der Waals surface area contributed by atoms with Crippen molar-refractivity contribution in [2.75, 3.05) is 38.2 Å². The zero-order valence-corrected chi connectivity index (χ0v) is 20.9. The molecule has 180 valence electrons. The molecule has 1 aliphatic rings. The SMILES string of the molecule is COc1ccc2[nH+]cc(S(=O)(=O)c3ccc(C)cc3)c(N3CC[NH+](Cc4ccccc4)CC3)c2c1. The van der Waals surface area contributed by atoms with Crippen molar-refractivity contribution in [2.24, 2.45) is 0 Å². The molecule has 1 fully saturated rings. The van der Waals surface area contributed by atoms with E-state index in [1.165, 1.54) is 10.5 Å². The van der Waals surface area contributed by atoms with Crippen molar-refractivity contribution < 1.29 is 23.0 Å². The van der Waals surface area contributed by atoms with Crippen molar-refractivity contribution in [3.63, 3.8) is 0 Å². The van der Waals surface area contributed by atoms with Crippen LogP contribution in [-0.4, -0.2) is 41.7 Å². The molecule has 7 heteroatoms. The molecule has 0 saturated carbocycles. The summed E-state index contributed by atoms with van der Waals surface area (Å²) in [5, 5.41) is 0.851. The van der Waals surface area contributed by atoms with E-state index in [2.05, 4.69) is 34.1 Å². The smallest absolute Gasteiger partial charge is 0.214 e. The fraction of sp³-hybridized carbons (Fsp3) is 0.250. The summed E-state index contributed by atoms with van der Waals surface area (Å²) in [5.74, 6) is 0.699. The number of hydrogen-bond acceptors (Lipinski definition) is 4. The van der Waals surface area contributed by atoms with Gasteiger partial charge in [-0.1, -0.05) is 48.0 Å². The van der Waals surface area contributed by atoms with Crippen LogP contribution in [0, 0.1) is 6.92 Å². The van der Waals surface area contributed by atoms with Gasteiger partial charge in [0, 0.05) is 11.6 Å². The van der Waals surface area contributed by atoms with Gasteiger partial charge < -0.3 is 14.5 Å². The predicted molar refractivity (Wildman–Crippen MR) is 137 cm³/mol. The van der Waals surface area contributed by atoms with E-state index in [1.807, 2.05) is 43.3 Å². The minimum absolute atomic E-state index is 0.299. The van der Waals surface area contributed by atoms with Crippen LogP contribution in [0.2, 0.25) is 0 Å². The largest absolute Gasteiger partial charge is 0.497 e. The molecule has 0 bridgehead atoms. The summed E-state index contributed by atoms with van der Waals surface area (Å²) in [6, 6.07) is 23.3. The van der Waals surface area contributed by atoms with Crippen LogP contribution in [0.3, 0.4) is 0 Å². The molecule has 35 heavy (non-hydrogen) atoms. The molecular formula is C28H31N3O3S+2. The number of sulfone groups is 1. The van der Waals surface area contributed by atoms with Crippen LogP contribution in [-0.2, 0) is 16.4 Å². The number of ether oxygens (including phenoxy) is 1. The molecule has 0 spiro atoms. The lowest BCUT2D eigenvalue weighted by Gasteiger charge is -2.34. The molecule has 0 aliphatic carbocycles. The Morgan fingerprint density at radius 3 is 2.37 bits per heavy atom. The van der Waals surface area contributed by atoms with Gasteiger partial charge in [0.05, 0.1) is 49.3 Å². The quantitative estimate of drug-likeness (QED) is 0.452. The Hall–Kier alpha value is -3.42. The number of anilines is 1. The van der Waals surface area contributed by atoms with Crippen molar-refractivity contribution in [1.29, 1.82) is 0 Å². The van der Waals surface area contributed by atoms with Crippen LogP contribution in [0.25, 0.3) is 10.9 Å². The maximum absolute atomic E-state index is 13.8. The summed E-state index contributed by atoms with van der Waals surface area (Å²) >= 11 is 0. The van der Waals surface area contributed by atoms with E-state index in [9.17, 15) is 8.42 Å². The van der Waals surface area contributed by atoms with Gasteiger partial charge in [0.15, 0.2) is 11.1 Å². The average Bonchev–Trinajstić information content (AvgIpc) is 2.89. The van der Waals surface area contributed by atoms with E-state index in [0.717, 1.165) is 54.9 Å². The van der Waals surface area contributed by atoms with Crippen molar-refractivity contribution in [3.8, 4) is 5.75 Å². The number of quaternary nitrogens is 1. The first-order chi connectivity index (χ1) is 17.0. The number of piperazine rings is 1. The van der Waals surface area contributed by atoms with Crippen LogP contribution in [0.5, 0.6) is 5.75 Å². The second-order valence-corrected chi connectivity index (χ2v) is 11.0. The molecule has 2 N–H and O–H groups in total. The van der Waals surface area contributed by atoms with Crippen LogP contribution < -0.4 is 19.5 Å². The molecule has 1 aliphatic heterocycles. The van der Waals surface area contributed by atoms with E-state index in [4.69, 9.17) is 4.74 Å². The molecular weight excluding hydrogens is 458 g/mol. The zero-order chi connectivity index (χ0) is 24.4. The Morgan fingerprint density at radius 2 is 1.69 bits per heavy atom. The normalized spacial score (nSPS) is 14.9. The second-order valence-electron chi connectivity index (χ2n) is 9.13. The molecule has 6 nitrogen and oxygen atoms in total. The number of pyridine rings is 1. The summed E-state index contributed by atoms with van der Waals surface area (Å²) in [6.07, 6.45) is 1.64. The van der Waals surface area contributed by atoms with Gasteiger partial charge in [0.25, 0.3) is 0 Å². The molecule has 0 atom stereocenters. The highest BCUT2D eigenvalue weighted by Crippen LogP contribution is 2.36. The molecule has 0 unspecified atom stereocenters. The molecule has 1 aromatic heterocycles. The van der Waals surface area contributed by atoms with Gasteiger partial charge in [-0.15, -0.1) is 0 Å². The molecule has 4 aromatic rings. The molecule has 2 heterocycles. The Kier molecular flexibility index (Phi) is 6.45. The van der Waals surface area contributed by atoms with Crippen LogP contribution in [0.1, 0.15) is 11.1 Å². The van der Waals surface area contributed by atoms with Crippen molar-refractivity contribution >= 4 is 26.4 Å². The van der Waals surface area contributed by atoms with E-state index in [0.29, 0.717) is 15.5 Å². The maximum Gasteiger partial charge on any atom is 0.214 e. The van der Waals surface area contributed by atoms with Crippen molar-refractivity contribution in [1.82, 2.24) is 0 Å². The molecule has 3 aromatic carbocycles.